The van der Waals surface area contributed by atoms with Crippen LogP contribution in [0.5, 0.6) is 0 Å². The zero-order valence-electron chi connectivity index (χ0n) is 16.4. The fourth-order valence-corrected chi connectivity index (χ4v) is 4.92. The summed E-state index contributed by atoms with van der Waals surface area (Å²) in [6.07, 6.45) is 6.53. The zero-order chi connectivity index (χ0) is 18.1. The smallest absolute Gasteiger partial charge is 0.107 e. The Labute approximate surface area is 156 Å². The summed E-state index contributed by atoms with van der Waals surface area (Å²) in [4.78, 5) is 13.4. The molecule has 2 aromatic heterocycles. The lowest BCUT2D eigenvalue weighted by molar-refractivity contribution is 0.00857. The number of likely N-dealkylation sites (tertiary alicyclic amines) is 1. The predicted molar refractivity (Wildman–Crippen MR) is 103 cm³/mol. The summed E-state index contributed by atoms with van der Waals surface area (Å²) in [7, 11) is 0. The lowest BCUT2D eigenvalue weighted by atomic mass is 9.78. The standard InChI is InChI=1S/C21H32N4O/c1-4-25-12-8-18-20(23-15-22-18)21(25)9-13-24(14-10-21)11-7-16(2)19-6-5-17(3)26-19/h5-6,15-16H,4,7-14H2,1-3H3,(H,22,23)/t16-/m0/s1. The highest BCUT2D eigenvalue weighted by Gasteiger charge is 2.45. The van der Waals surface area contributed by atoms with Crippen LogP contribution in [0.15, 0.2) is 22.9 Å². The SMILES string of the molecule is CCN1CCc2[nH]cnc2C12CCN(CC[C@H](C)c1ccc(C)o1)CC2. The largest absolute Gasteiger partial charge is 0.466 e. The number of H-pyrrole nitrogens is 1. The van der Waals surface area contributed by atoms with Crippen molar-refractivity contribution in [2.45, 2.75) is 57.9 Å². The van der Waals surface area contributed by atoms with E-state index in [0.29, 0.717) is 5.92 Å². The number of likely N-dealkylation sites (N-methyl/N-ethyl adjacent to an activating group) is 1. The van der Waals surface area contributed by atoms with Gasteiger partial charge < -0.3 is 14.3 Å². The number of aromatic nitrogens is 2. The molecule has 26 heavy (non-hydrogen) atoms. The van der Waals surface area contributed by atoms with Crippen LogP contribution >= 0.6 is 0 Å². The van der Waals surface area contributed by atoms with Crippen LogP contribution in [0.25, 0.3) is 0 Å². The molecule has 0 radical (unpaired) electrons. The van der Waals surface area contributed by atoms with E-state index in [2.05, 4.69) is 40.8 Å². The number of fused-ring (bicyclic) bond motifs is 2. The van der Waals surface area contributed by atoms with Crippen molar-refractivity contribution in [1.82, 2.24) is 19.8 Å². The Bertz CT molecular complexity index is 726. The average molecular weight is 357 g/mol. The molecule has 5 nitrogen and oxygen atoms in total. The first-order chi connectivity index (χ1) is 12.6. The Morgan fingerprint density at radius 3 is 2.77 bits per heavy atom. The molecule has 1 spiro atoms. The maximum atomic E-state index is 5.80. The Hall–Kier alpha value is -1.59. The lowest BCUT2D eigenvalue weighted by Crippen LogP contribution is -2.56. The van der Waals surface area contributed by atoms with Crippen LogP contribution in [0.1, 0.15) is 61.9 Å². The van der Waals surface area contributed by atoms with Gasteiger partial charge in [0.1, 0.15) is 11.5 Å². The Kier molecular flexibility index (Phi) is 4.93. The quantitative estimate of drug-likeness (QED) is 0.888. The number of hydrogen-bond donors (Lipinski definition) is 1. The van der Waals surface area contributed by atoms with E-state index in [4.69, 9.17) is 9.40 Å². The molecular formula is C21H32N4O. The maximum Gasteiger partial charge on any atom is 0.107 e. The van der Waals surface area contributed by atoms with E-state index in [0.717, 1.165) is 57.1 Å². The fraction of sp³-hybridized carbons (Fsp3) is 0.667. The zero-order valence-corrected chi connectivity index (χ0v) is 16.4. The van der Waals surface area contributed by atoms with Crippen LogP contribution in [0.2, 0.25) is 0 Å². The number of nitrogens with zero attached hydrogens (tertiary/aromatic N) is 3. The van der Waals surface area contributed by atoms with Crippen molar-refractivity contribution in [1.29, 1.82) is 0 Å². The third-order valence-corrected chi connectivity index (χ3v) is 6.59. The van der Waals surface area contributed by atoms with Crippen LogP contribution in [-0.4, -0.2) is 52.5 Å². The molecule has 4 heterocycles. The molecule has 1 saturated heterocycles. The summed E-state index contributed by atoms with van der Waals surface area (Å²) < 4.78 is 5.80. The number of nitrogens with one attached hydrogen (secondary N) is 1. The van der Waals surface area contributed by atoms with E-state index >= 15 is 0 Å². The van der Waals surface area contributed by atoms with Crippen molar-refractivity contribution in [2.75, 3.05) is 32.7 Å². The van der Waals surface area contributed by atoms with Gasteiger partial charge in [-0.05, 0) is 51.4 Å². The molecule has 1 fully saturated rings. The van der Waals surface area contributed by atoms with Crippen LogP contribution in [0.3, 0.4) is 0 Å². The van der Waals surface area contributed by atoms with Gasteiger partial charge in [0.15, 0.2) is 0 Å². The predicted octanol–water partition coefficient (Wildman–Crippen LogP) is 3.67. The van der Waals surface area contributed by atoms with Crippen molar-refractivity contribution in [3.05, 3.63) is 41.4 Å². The minimum Gasteiger partial charge on any atom is -0.466 e. The number of rotatable bonds is 5. The summed E-state index contributed by atoms with van der Waals surface area (Å²) in [6, 6.07) is 4.20. The lowest BCUT2D eigenvalue weighted by Gasteiger charge is -2.50. The van der Waals surface area contributed by atoms with E-state index in [1.165, 1.54) is 24.2 Å². The Morgan fingerprint density at radius 2 is 2.08 bits per heavy atom. The van der Waals surface area contributed by atoms with E-state index in [1.54, 1.807) is 0 Å². The van der Waals surface area contributed by atoms with Crippen LogP contribution < -0.4 is 0 Å². The van der Waals surface area contributed by atoms with Crippen LogP contribution in [0, 0.1) is 6.92 Å². The van der Waals surface area contributed by atoms with Gasteiger partial charge in [0.2, 0.25) is 0 Å². The highest BCUT2D eigenvalue weighted by molar-refractivity contribution is 5.26. The van der Waals surface area contributed by atoms with Crippen molar-refractivity contribution >= 4 is 0 Å². The summed E-state index contributed by atoms with van der Waals surface area (Å²) in [5.74, 6) is 2.62. The molecule has 5 heteroatoms. The van der Waals surface area contributed by atoms with Crippen molar-refractivity contribution in [2.24, 2.45) is 0 Å². The summed E-state index contributed by atoms with van der Waals surface area (Å²) in [5, 5.41) is 0. The third-order valence-electron chi connectivity index (χ3n) is 6.59. The van der Waals surface area contributed by atoms with Crippen LogP contribution in [-0.2, 0) is 12.0 Å². The van der Waals surface area contributed by atoms with E-state index in [1.807, 2.05) is 13.3 Å². The second kappa shape index (κ2) is 7.20. The summed E-state index contributed by atoms with van der Waals surface area (Å²) in [5.41, 5.74) is 2.84. The van der Waals surface area contributed by atoms with Gasteiger partial charge in [-0.2, -0.15) is 0 Å². The van der Waals surface area contributed by atoms with Crippen molar-refractivity contribution in [3.8, 4) is 0 Å². The molecule has 142 valence electrons. The number of imidazole rings is 1. The molecule has 4 rings (SSSR count). The van der Waals surface area contributed by atoms with Gasteiger partial charge in [-0.3, -0.25) is 4.90 Å². The molecule has 1 atom stereocenters. The van der Waals surface area contributed by atoms with Crippen molar-refractivity contribution in [3.63, 3.8) is 0 Å². The number of furan rings is 1. The second-order valence-electron chi connectivity index (χ2n) is 8.07. The monoisotopic (exact) mass is 356 g/mol. The highest BCUT2D eigenvalue weighted by Crippen LogP contribution is 2.42. The summed E-state index contributed by atoms with van der Waals surface area (Å²) >= 11 is 0. The second-order valence-corrected chi connectivity index (χ2v) is 8.07. The molecule has 2 aromatic rings. The average Bonchev–Trinajstić information content (AvgIpc) is 3.31. The molecule has 1 N–H and O–H groups in total. The normalized spacial score (nSPS) is 21.8. The van der Waals surface area contributed by atoms with Gasteiger partial charge in [-0.25, -0.2) is 4.98 Å². The third kappa shape index (κ3) is 3.12. The molecule has 2 aliphatic rings. The number of piperidine rings is 1. The van der Waals surface area contributed by atoms with E-state index in [9.17, 15) is 0 Å². The van der Waals surface area contributed by atoms with Gasteiger partial charge in [0.05, 0.1) is 17.6 Å². The minimum atomic E-state index is 0.155. The van der Waals surface area contributed by atoms with Crippen LogP contribution in [0.4, 0.5) is 0 Å². The molecule has 0 bridgehead atoms. The first-order valence-electron chi connectivity index (χ1n) is 10.2. The topological polar surface area (TPSA) is 48.3 Å². The van der Waals surface area contributed by atoms with E-state index < -0.39 is 0 Å². The van der Waals surface area contributed by atoms with Gasteiger partial charge >= 0.3 is 0 Å². The Balaban J connectivity index is 1.38. The molecule has 0 unspecified atom stereocenters. The molecule has 0 saturated carbocycles. The molecule has 0 aromatic carbocycles. The number of hydrogen-bond acceptors (Lipinski definition) is 4. The maximum absolute atomic E-state index is 5.80. The van der Waals surface area contributed by atoms with Gasteiger partial charge in [-0.15, -0.1) is 0 Å². The van der Waals surface area contributed by atoms with Gasteiger partial charge in [0, 0.05) is 37.7 Å². The summed E-state index contributed by atoms with van der Waals surface area (Å²) in [6.45, 7) is 12.3. The van der Waals surface area contributed by atoms with Gasteiger partial charge in [-0.1, -0.05) is 13.8 Å². The van der Waals surface area contributed by atoms with Gasteiger partial charge in [0.25, 0.3) is 0 Å². The highest BCUT2D eigenvalue weighted by atomic mass is 16.3. The van der Waals surface area contributed by atoms with E-state index in [-0.39, 0.29) is 5.54 Å². The fourth-order valence-electron chi connectivity index (χ4n) is 4.92. The molecule has 0 aliphatic carbocycles. The molecular weight excluding hydrogens is 324 g/mol. The van der Waals surface area contributed by atoms with Crippen molar-refractivity contribution < 1.29 is 4.42 Å². The first-order valence-corrected chi connectivity index (χ1v) is 10.2. The number of aryl methyl sites for hydroxylation is 1. The minimum absolute atomic E-state index is 0.155. The molecule has 0 amide bonds. The molecule has 2 aliphatic heterocycles. The number of aromatic amines is 1. The first kappa shape index (κ1) is 17.8. The Morgan fingerprint density at radius 1 is 1.27 bits per heavy atom.